The van der Waals surface area contributed by atoms with Crippen LogP contribution < -0.4 is 10.6 Å². The fourth-order valence-electron chi connectivity index (χ4n) is 3.12. The van der Waals surface area contributed by atoms with Gasteiger partial charge in [0.1, 0.15) is 17.6 Å². The predicted molar refractivity (Wildman–Crippen MR) is 107 cm³/mol. The van der Waals surface area contributed by atoms with E-state index in [4.69, 9.17) is 10.00 Å². The van der Waals surface area contributed by atoms with E-state index in [-0.39, 0.29) is 11.8 Å². The summed E-state index contributed by atoms with van der Waals surface area (Å²) in [7, 11) is 1.35. The number of benzene rings is 1. The van der Waals surface area contributed by atoms with Crippen LogP contribution in [0.1, 0.15) is 11.3 Å². The normalized spacial score (nSPS) is 14.0. The number of nitrogens with one attached hydrogen (secondary N) is 2. The molecule has 0 saturated carbocycles. The number of aromatic nitrogens is 1. The zero-order valence-electron chi connectivity index (χ0n) is 16.4. The highest BCUT2D eigenvalue weighted by Gasteiger charge is 2.21. The number of amides is 3. The Bertz CT molecular complexity index is 952. The number of nitrogens with zero attached hydrogens (tertiary/aromatic N) is 4. The third kappa shape index (κ3) is 5.65. The number of piperazine rings is 1. The van der Waals surface area contributed by atoms with Crippen molar-refractivity contribution in [3.8, 4) is 6.07 Å². The van der Waals surface area contributed by atoms with Crippen molar-refractivity contribution in [3.63, 3.8) is 0 Å². The van der Waals surface area contributed by atoms with Crippen molar-refractivity contribution in [2.45, 2.75) is 6.54 Å². The van der Waals surface area contributed by atoms with Crippen LogP contribution in [0.5, 0.6) is 0 Å². The van der Waals surface area contributed by atoms with Gasteiger partial charge in [0, 0.05) is 38.4 Å². The molecule has 0 atom stereocenters. The summed E-state index contributed by atoms with van der Waals surface area (Å²) in [4.78, 5) is 31.3. The van der Waals surface area contributed by atoms with E-state index in [1.54, 1.807) is 17.0 Å². The zero-order valence-corrected chi connectivity index (χ0v) is 16.4. The number of urea groups is 1. The molecule has 1 aliphatic heterocycles. The first kappa shape index (κ1) is 21.0. The first-order chi connectivity index (χ1) is 14.5. The predicted octanol–water partition coefficient (Wildman–Crippen LogP) is 2.62. The Morgan fingerprint density at radius 1 is 1.17 bits per heavy atom. The van der Waals surface area contributed by atoms with E-state index >= 15 is 0 Å². The number of hydrogen-bond donors (Lipinski definition) is 2. The number of carbonyl (C=O) groups is 2. The first-order valence-electron chi connectivity index (χ1n) is 9.25. The molecule has 0 unspecified atom stereocenters. The van der Waals surface area contributed by atoms with E-state index in [9.17, 15) is 14.0 Å². The number of rotatable bonds is 4. The molecule has 30 heavy (non-hydrogen) atoms. The molecule has 1 aliphatic rings. The number of pyridine rings is 1. The number of hydrogen-bond acceptors (Lipinski definition) is 6. The highest BCUT2D eigenvalue weighted by molar-refractivity contribution is 5.99. The fourth-order valence-corrected chi connectivity index (χ4v) is 3.12. The number of halogens is 1. The van der Waals surface area contributed by atoms with Gasteiger partial charge in [-0.1, -0.05) is 0 Å². The molecule has 0 radical (unpaired) electrons. The smallest absolute Gasteiger partial charge is 0.409 e. The summed E-state index contributed by atoms with van der Waals surface area (Å²) in [6, 6.07) is 8.73. The van der Waals surface area contributed by atoms with Crippen LogP contribution in [-0.2, 0) is 11.3 Å². The van der Waals surface area contributed by atoms with Gasteiger partial charge < -0.3 is 20.3 Å². The minimum Gasteiger partial charge on any atom is -0.453 e. The highest BCUT2D eigenvalue weighted by Crippen LogP contribution is 2.17. The molecule has 10 heteroatoms. The van der Waals surface area contributed by atoms with Crippen LogP contribution in [0.15, 0.2) is 36.5 Å². The third-order valence-corrected chi connectivity index (χ3v) is 4.56. The Labute approximate surface area is 173 Å². The van der Waals surface area contributed by atoms with Gasteiger partial charge in [0.25, 0.3) is 0 Å². The molecule has 0 spiro atoms. The molecule has 1 aromatic carbocycles. The monoisotopic (exact) mass is 412 g/mol. The second-order valence-corrected chi connectivity index (χ2v) is 6.70. The Kier molecular flexibility index (Phi) is 6.77. The lowest BCUT2D eigenvalue weighted by molar-refractivity contribution is 0.0889. The molecule has 0 aliphatic carbocycles. The van der Waals surface area contributed by atoms with Gasteiger partial charge in [-0.15, -0.1) is 0 Å². The van der Waals surface area contributed by atoms with Crippen molar-refractivity contribution in [3.05, 3.63) is 53.6 Å². The molecule has 1 saturated heterocycles. The molecule has 0 bridgehead atoms. The minimum atomic E-state index is -0.551. The molecule has 1 fully saturated rings. The van der Waals surface area contributed by atoms with Crippen LogP contribution in [0.2, 0.25) is 0 Å². The third-order valence-electron chi connectivity index (χ3n) is 4.56. The second-order valence-electron chi connectivity index (χ2n) is 6.70. The summed E-state index contributed by atoms with van der Waals surface area (Å²) in [5.74, 6) is -0.462. The lowest BCUT2D eigenvalue weighted by atomic mass is 10.1. The maximum absolute atomic E-state index is 14.1. The summed E-state index contributed by atoms with van der Waals surface area (Å²) < 4.78 is 18.8. The van der Waals surface area contributed by atoms with Gasteiger partial charge in [-0.05, 0) is 35.9 Å². The lowest BCUT2D eigenvalue weighted by Gasteiger charge is -2.33. The van der Waals surface area contributed by atoms with Crippen molar-refractivity contribution in [1.29, 1.82) is 5.26 Å². The lowest BCUT2D eigenvalue weighted by Crippen LogP contribution is -2.48. The molecule has 2 N–H and O–H groups in total. The largest absolute Gasteiger partial charge is 0.453 e. The Morgan fingerprint density at radius 2 is 1.90 bits per heavy atom. The van der Waals surface area contributed by atoms with E-state index in [1.807, 2.05) is 6.07 Å². The topological polar surface area (TPSA) is 111 Å². The van der Waals surface area contributed by atoms with E-state index < -0.39 is 11.8 Å². The Hall–Kier alpha value is -3.71. The van der Waals surface area contributed by atoms with Crippen LogP contribution in [0.25, 0.3) is 0 Å². The van der Waals surface area contributed by atoms with Crippen LogP contribution in [0.3, 0.4) is 0 Å². The molecule has 3 rings (SSSR count). The maximum atomic E-state index is 14.1. The van der Waals surface area contributed by atoms with Gasteiger partial charge >= 0.3 is 12.1 Å². The van der Waals surface area contributed by atoms with Crippen LogP contribution in [0.4, 0.5) is 25.4 Å². The molecule has 3 amide bonds. The van der Waals surface area contributed by atoms with Crippen LogP contribution in [0, 0.1) is 17.1 Å². The fraction of sp³-hybridized carbons (Fsp3) is 0.300. The van der Waals surface area contributed by atoms with E-state index in [0.717, 1.165) is 0 Å². The van der Waals surface area contributed by atoms with E-state index in [2.05, 4.69) is 20.5 Å². The van der Waals surface area contributed by atoms with E-state index in [0.29, 0.717) is 49.7 Å². The van der Waals surface area contributed by atoms with Crippen LogP contribution >= 0.6 is 0 Å². The molecule has 2 aromatic rings. The summed E-state index contributed by atoms with van der Waals surface area (Å²) in [6.45, 7) is 2.84. The van der Waals surface area contributed by atoms with Crippen molar-refractivity contribution >= 4 is 23.5 Å². The molecular weight excluding hydrogens is 391 g/mol. The van der Waals surface area contributed by atoms with Crippen molar-refractivity contribution < 1.29 is 18.7 Å². The van der Waals surface area contributed by atoms with Gasteiger partial charge in [-0.2, -0.15) is 5.26 Å². The standard InChI is InChI=1S/C20H21FN6O3/c1-30-20(29)27-6-4-26(5-7-27)13-14-8-15(21)10-18(9-14)25-19(28)24-17-3-2-16(11-22)23-12-17/h2-3,8-10,12H,4-7,13H2,1H3,(H2,24,25,28). The first-order valence-corrected chi connectivity index (χ1v) is 9.25. The molecule has 9 nitrogen and oxygen atoms in total. The number of nitriles is 1. The molecule has 156 valence electrons. The molecular formula is C20H21FN6O3. The van der Waals surface area contributed by atoms with Gasteiger partial charge in [-0.25, -0.2) is 19.0 Å². The number of ether oxygens (including phenoxy) is 1. The van der Waals surface area contributed by atoms with Crippen molar-refractivity contribution in [2.75, 3.05) is 43.9 Å². The van der Waals surface area contributed by atoms with Gasteiger partial charge in [0.15, 0.2) is 0 Å². The Morgan fingerprint density at radius 3 is 2.53 bits per heavy atom. The average Bonchev–Trinajstić information content (AvgIpc) is 2.73. The van der Waals surface area contributed by atoms with Gasteiger partial charge in [0.05, 0.1) is 19.0 Å². The zero-order chi connectivity index (χ0) is 21.5. The number of anilines is 2. The number of carbonyl (C=O) groups excluding carboxylic acids is 2. The van der Waals surface area contributed by atoms with Crippen LogP contribution in [-0.4, -0.2) is 60.2 Å². The highest BCUT2D eigenvalue weighted by atomic mass is 19.1. The minimum absolute atomic E-state index is 0.239. The van der Waals surface area contributed by atoms with Gasteiger partial charge in [0.2, 0.25) is 0 Å². The summed E-state index contributed by atoms with van der Waals surface area (Å²) in [6.07, 6.45) is 1.01. The van der Waals surface area contributed by atoms with E-state index in [1.165, 1.54) is 31.5 Å². The quantitative estimate of drug-likeness (QED) is 0.799. The summed E-state index contributed by atoms with van der Waals surface area (Å²) in [5.41, 5.74) is 1.67. The molecule has 1 aromatic heterocycles. The summed E-state index contributed by atoms with van der Waals surface area (Å²) in [5, 5.41) is 13.9. The summed E-state index contributed by atoms with van der Waals surface area (Å²) >= 11 is 0. The number of methoxy groups -OCH3 is 1. The average molecular weight is 412 g/mol. The van der Waals surface area contributed by atoms with Gasteiger partial charge in [-0.3, -0.25) is 4.90 Å². The van der Waals surface area contributed by atoms with Crippen molar-refractivity contribution in [1.82, 2.24) is 14.8 Å². The van der Waals surface area contributed by atoms with Crippen molar-refractivity contribution in [2.24, 2.45) is 0 Å². The second kappa shape index (κ2) is 9.67. The maximum Gasteiger partial charge on any atom is 0.409 e. The SMILES string of the molecule is COC(=O)N1CCN(Cc2cc(F)cc(NC(=O)Nc3ccc(C#N)nc3)c2)CC1. The Balaban J connectivity index is 1.57. The molecule has 2 heterocycles.